The van der Waals surface area contributed by atoms with Gasteiger partial charge in [-0.25, -0.2) is 0 Å². The smallest absolute Gasteiger partial charge is 0.0637 e. The van der Waals surface area contributed by atoms with E-state index in [4.69, 9.17) is 0 Å². The highest BCUT2D eigenvalue weighted by atomic mass is 15.1. The third-order valence-corrected chi connectivity index (χ3v) is 1.91. The first-order valence-electron chi connectivity index (χ1n) is 6.22. The van der Waals surface area contributed by atoms with Crippen LogP contribution < -0.4 is 0 Å². The van der Waals surface area contributed by atoms with Crippen LogP contribution in [-0.2, 0) is 5.41 Å². The highest BCUT2D eigenvalue weighted by Crippen LogP contribution is 2.23. The van der Waals surface area contributed by atoms with E-state index >= 15 is 0 Å². The molecule has 0 saturated heterocycles. The lowest BCUT2D eigenvalue weighted by molar-refractivity contribution is 0.577. The van der Waals surface area contributed by atoms with Crippen LogP contribution in [0, 0.1) is 13.8 Å². The molecule has 1 aromatic rings. The van der Waals surface area contributed by atoms with Crippen molar-refractivity contribution in [2.45, 2.75) is 67.7 Å². The molecule has 0 spiro atoms. The lowest BCUT2D eigenvalue weighted by Crippen LogP contribution is -2.15. The molecule has 0 N–H and O–H groups in total. The molecule has 0 atom stereocenters. The Morgan fingerprint density at radius 1 is 0.875 bits per heavy atom. The molecular weight excluding hydrogens is 196 g/mol. The third kappa shape index (κ3) is 5.84. The maximum atomic E-state index is 4.10. The van der Waals surface area contributed by atoms with E-state index in [0.29, 0.717) is 0 Å². The van der Waals surface area contributed by atoms with Gasteiger partial charge in [0.25, 0.3) is 0 Å². The van der Waals surface area contributed by atoms with Gasteiger partial charge >= 0.3 is 0 Å². The molecule has 0 fully saturated rings. The number of nitrogens with zero attached hydrogens (tertiary/aromatic N) is 2. The molecule has 0 aliphatic heterocycles. The zero-order chi connectivity index (χ0) is 13.4. The molecule has 1 aromatic heterocycles. The standard InChI is InChI=1S/C10H16N2.2C2H6/c1-7-6-9(10(3,4)5)8(2)12-11-7;2*1-2/h6H,1-5H3;2*1-2H3. The van der Waals surface area contributed by atoms with Crippen molar-refractivity contribution in [3.8, 4) is 0 Å². The van der Waals surface area contributed by atoms with Crippen LogP contribution >= 0.6 is 0 Å². The summed E-state index contributed by atoms with van der Waals surface area (Å²) in [5, 5.41) is 8.10. The minimum absolute atomic E-state index is 0.171. The summed E-state index contributed by atoms with van der Waals surface area (Å²) in [5.74, 6) is 0. The number of aromatic nitrogens is 2. The van der Waals surface area contributed by atoms with Gasteiger partial charge in [-0.05, 0) is 30.9 Å². The predicted molar refractivity (Wildman–Crippen MR) is 72.9 cm³/mol. The summed E-state index contributed by atoms with van der Waals surface area (Å²) in [5.41, 5.74) is 3.48. The second-order valence-electron chi connectivity index (χ2n) is 4.23. The lowest BCUT2D eigenvalue weighted by atomic mass is 9.86. The van der Waals surface area contributed by atoms with E-state index in [9.17, 15) is 0 Å². The monoisotopic (exact) mass is 224 g/mol. The molecule has 1 heterocycles. The molecule has 0 saturated carbocycles. The second-order valence-corrected chi connectivity index (χ2v) is 4.23. The summed E-state index contributed by atoms with van der Waals surface area (Å²) in [4.78, 5) is 0. The van der Waals surface area contributed by atoms with Gasteiger partial charge in [0.15, 0.2) is 0 Å². The molecule has 0 bridgehead atoms. The Bertz CT molecular complexity index is 285. The van der Waals surface area contributed by atoms with E-state index in [1.54, 1.807) is 0 Å². The Labute approximate surface area is 102 Å². The molecule has 0 aliphatic rings. The second kappa shape index (κ2) is 8.26. The maximum Gasteiger partial charge on any atom is 0.0637 e. The largest absolute Gasteiger partial charge is 0.156 e. The molecule has 1 rings (SSSR count). The molecule has 94 valence electrons. The van der Waals surface area contributed by atoms with Crippen molar-refractivity contribution in [3.05, 3.63) is 23.0 Å². The highest BCUT2D eigenvalue weighted by molar-refractivity contribution is 5.26. The summed E-state index contributed by atoms with van der Waals surface area (Å²) in [6, 6.07) is 2.11. The normalized spacial score (nSPS) is 9.56. The third-order valence-electron chi connectivity index (χ3n) is 1.91. The van der Waals surface area contributed by atoms with Crippen molar-refractivity contribution < 1.29 is 0 Å². The van der Waals surface area contributed by atoms with Gasteiger partial charge in [-0.15, -0.1) is 0 Å². The van der Waals surface area contributed by atoms with Crippen LogP contribution in [0.1, 0.15) is 65.4 Å². The zero-order valence-electron chi connectivity index (χ0n) is 12.5. The predicted octanol–water partition coefficient (Wildman–Crippen LogP) is 4.44. The van der Waals surface area contributed by atoms with Crippen molar-refractivity contribution >= 4 is 0 Å². The van der Waals surface area contributed by atoms with Gasteiger partial charge in [0.1, 0.15) is 0 Å². The minimum Gasteiger partial charge on any atom is -0.156 e. The van der Waals surface area contributed by atoms with Crippen LogP contribution in [0.3, 0.4) is 0 Å². The van der Waals surface area contributed by atoms with Crippen molar-refractivity contribution in [2.24, 2.45) is 0 Å². The topological polar surface area (TPSA) is 25.8 Å². The SMILES string of the molecule is CC.CC.Cc1cc(C(C)(C)C)c(C)nn1. The Balaban J connectivity index is 0. The van der Waals surface area contributed by atoms with E-state index in [1.807, 2.05) is 41.5 Å². The van der Waals surface area contributed by atoms with Gasteiger partial charge in [0, 0.05) is 0 Å². The minimum atomic E-state index is 0.171. The van der Waals surface area contributed by atoms with Gasteiger partial charge in [-0.1, -0.05) is 48.5 Å². The molecule has 0 aromatic carbocycles. The van der Waals surface area contributed by atoms with Gasteiger partial charge in [-0.2, -0.15) is 10.2 Å². The van der Waals surface area contributed by atoms with Gasteiger partial charge in [0.05, 0.1) is 11.4 Å². The molecule has 16 heavy (non-hydrogen) atoms. The molecule has 0 amide bonds. The Kier molecular flexibility index (Phi) is 9.02. The van der Waals surface area contributed by atoms with Crippen molar-refractivity contribution in [1.29, 1.82) is 0 Å². The average molecular weight is 224 g/mol. The van der Waals surface area contributed by atoms with Gasteiger partial charge < -0.3 is 0 Å². The zero-order valence-corrected chi connectivity index (χ0v) is 12.5. The van der Waals surface area contributed by atoms with E-state index < -0.39 is 0 Å². The Morgan fingerprint density at radius 2 is 1.31 bits per heavy atom. The quantitative estimate of drug-likeness (QED) is 0.651. The number of hydrogen-bond donors (Lipinski definition) is 0. The number of aryl methyl sites for hydroxylation is 2. The summed E-state index contributed by atoms with van der Waals surface area (Å²) < 4.78 is 0. The Morgan fingerprint density at radius 3 is 1.62 bits per heavy atom. The maximum absolute atomic E-state index is 4.10. The van der Waals surface area contributed by atoms with E-state index in [-0.39, 0.29) is 5.41 Å². The van der Waals surface area contributed by atoms with Crippen molar-refractivity contribution in [2.75, 3.05) is 0 Å². The molecule has 2 nitrogen and oxygen atoms in total. The molecule has 0 unspecified atom stereocenters. The van der Waals surface area contributed by atoms with Crippen LogP contribution in [0.5, 0.6) is 0 Å². The van der Waals surface area contributed by atoms with Crippen molar-refractivity contribution in [1.82, 2.24) is 10.2 Å². The fraction of sp³-hybridized carbons (Fsp3) is 0.714. The van der Waals surface area contributed by atoms with Crippen LogP contribution in [-0.4, -0.2) is 10.2 Å². The fourth-order valence-corrected chi connectivity index (χ4v) is 1.31. The molecule has 0 radical (unpaired) electrons. The Hall–Kier alpha value is -0.920. The fourth-order valence-electron chi connectivity index (χ4n) is 1.31. The summed E-state index contributed by atoms with van der Waals surface area (Å²) >= 11 is 0. The van der Waals surface area contributed by atoms with Gasteiger partial charge in [-0.3, -0.25) is 0 Å². The van der Waals surface area contributed by atoms with E-state index in [2.05, 4.69) is 37.0 Å². The van der Waals surface area contributed by atoms with Crippen LogP contribution in [0.4, 0.5) is 0 Å². The summed E-state index contributed by atoms with van der Waals surface area (Å²) in [6.07, 6.45) is 0. The highest BCUT2D eigenvalue weighted by Gasteiger charge is 2.17. The number of rotatable bonds is 0. The lowest BCUT2D eigenvalue weighted by Gasteiger charge is -2.20. The molecular formula is C14H28N2. The van der Waals surface area contributed by atoms with Crippen LogP contribution in [0.15, 0.2) is 6.07 Å². The van der Waals surface area contributed by atoms with E-state index in [0.717, 1.165) is 11.4 Å². The van der Waals surface area contributed by atoms with Crippen LogP contribution in [0.25, 0.3) is 0 Å². The van der Waals surface area contributed by atoms with Crippen molar-refractivity contribution in [3.63, 3.8) is 0 Å². The first-order chi connectivity index (χ1) is 7.41. The summed E-state index contributed by atoms with van der Waals surface area (Å²) in [6.45, 7) is 18.6. The van der Waals surface area contributed by atoms with Crippen LogP contribution in [0.2, 0.25) is 0 Å². The van der Waals surface area contributed by atoms with E-state index in [1.165, 1.54) is 5.56 Å². The first-order valence-corrected chi connectivity index (χ1v) is 6.22. The average Bonchev–Trinajstić information content (AvgIpc) is 2.26. The molecule has 0 aliphatic carbocycles. The summed E-state index contributed by atoms with van der Waals surface area (Å²) in [7, 11) is 0. The molecule has 2 heteroatoms. The first kappa shape index (κ1) is 17.5. The number of hydrogen-bond acceptors (Lipinski definition) is 2. The van der Waals surface area contributed by atoms with Gasteiger partial charge in [0.2, 0.25) is 0 Å².